The van der Waals surface area contributed by atoms with Crippen molar-refractivity contribution < 1.29 is 23.5 Å². The molecule has 9 heteroatoms. The molecule has 34 heavy (non-hydrogen) atoms. The van der Waals surface area contributed by atoms with Crippen LogP contribution in [0.1, 0.15) is 5.56 Å². The van der Waals surface area contributed by atoms with Crippen molar-refractivity contribution in [2.45, 2.75) is 0 Å². The van der Waals surface area contributed by atoms with E-state index in [2.05, 4.69) is 10.6 Å². The molecule has 3 aromatic carbocycles. The Labute approximate surface area is 200 Å². The van der Waals surface area contributed by atoms with E-state index in [1.165, 1.54) is 49.6 Å². The third kappa shape index (κ3) is 6.58. The highest BCUT2D eigenvalue weighted by Gasteiger charge is 2.16. The number of hydrogen-bond donors (Lipinski definition) is 2. The Morgan fingerprint density at radius 2 is 1.74 bits per heavy atom. The SMILES string of the molecule is COc1cc(/C=C(\C#N)C(=O)Nc2ccc(F)cc2)cc(Cl)c1OCC(=O)Nc1ccccc1. The largest absolute Gasteiger partial charge is 0.493 e. The predicted octanol–water partition coefficient (Wildman–Crippen LogP) is 5.05. The normalized spacial score (nSPS) is 10.7. The molecule has 2 amide bonds. The number of ether oxygens (including phenoxy) is 2. The number of benzene rings is 3. The van der Waals surface area contributed by atoms with Crippen LogP contribution < -0.4 is 20.1 Å². The van der Waals surface area contributed by atoms with Gasteiger partial charge < -0.3 is 20.1 Å². The second-order valence-corrected chi connectivity index (χ2v) is 7.28. The van der Waals surface area contributed by atoms with Gasteiger partial charge in [0, 0.05) is 11.4 Å². The Morgan fingerprint density at radius 3 is 2.38 bits per heavy atom. The van der Waals surface area contributed by atoms with Crippen LogP contribution in [-0.2, 0) is 9.59 Å². The standard InChI is InChI=1S/C25H19ClFN3O4/c1-33-22-13-16(11-17(14-28)25(32)30-20-9-7-18(27)8-10-20)12-21(26)24(22)34-15-23(31)29-19-5-3-2-4-6-19/h2-13H,15H2,1H3,(H,29,31)(H,30,32)/b17-11+. The van der Waals surface area contributed by atoms with Crippen LogP contribution in [0.5, 0.6) is 11.5 Å². The summed E-state index contributed by atoms with van der Waals surface area (Å²) in [4.78, 5) is 24.6. The molecular formula is C25H19ClFN3O4. The van der Waals surface area contributed by atoms with Gasteiger partial charge in [0.05, 0.1) is 12.1 Å². The Kier molecular flexibility index (Phi) is 8.21. The molecular weight excluding hydrogens is 461 g/mol. The first kappa shape index (κ1) is 24.3. The second-order valence-electron chi connectivity index (χ2n) is 6.87. The smallest absolute Gasteiger partial charge is 0.266 e. The van der Waals surface area contributed by atoms with E-state index in [9.17, 15) is 19.2 Å². The van der Waals surface area contributed by atoms with Crippen LogP contribution >= 0.6 is 11.6 Å². The first-order chi connectivity index (χ1) is 16.4. The number of halogens is 2. The average Bonchev–Trinajstić information content (AvgIpc) is 2.83. The van der Waals surface area contributed by atoms with Gasteiger partial charge in [-0.2, -0.15) is 5.26 Å². The van der Waals surface area contributed by atoms with E-state index in [4.69, 9.17) is 21.1 Å². The first-order valence-electron chi connectivity index (χ1n) is 9.93. The fraction of sp³-hybridized carbons (Fsp3) is 0.0800. The zero-order valence-electron chi connectivity index (χ0n) is 18.0. The van der Waals surface area contributed by atoms with Crippen LogP contribution in [0, 0.1) is 17.1 Å². The highest BCUT2D eigenvalue weighted by Crippen LogP contribution is 2.37. The molecule has 0 unspecified atom stereocenters. The van der Waals surface area contributed by atoms with Crippen LogP contribution in [0.15, 0.2) is 72.3 Å². The van der Waals surface area contributed by atoms with Crippen molar-refractivity contribution in [1.29, 1.82) is 5.26 Å². The van der Waals surface area contributed by atoms with Crippen molar-refractivity contribution >= 4 is 40.9 Å². The van der Waals surface area contributed by atoms with Gasteiger partial charge >= 0.3 is 0 Å². The third-order valence-corrected chi connectivity index (χ3v) is 4.72. The van der Waals surface area contributed by atoms with Crippen molar-refractivity contribution in [3.8, 4) is 17.6 Å². The van der Waals surface area contributed by atoms with Gasteiger partial charge in [0.2, 0.25) is 0 Å². The van der Waals surface area contributed by atoms with Gasteiger partial charge in [-0.05, 0) is 60.2 Å². The van der Waals surface area contributed by atoms with Crippen LogP contribution in [0.25, 0.3) is 6.08 Å². The fourth-order valence-electron chi connectivity index (χ4n) is 2.87. The maximum Gasteiger partial charge on any atom is 0.266 e. The molecule has 0 aliphatic rings. The molecule has 0 bridgehead atoms. The molecule has 3 rings (SSSR count). The number of nitriles is 1. The first-order valence-corrected chi connectivity index (χ1v) is 10.3. The highest BCUT2D eigenvalue weighted by atomic mass is 35.5. The van der Waals surface area contributed by atoms with E-state index in [0.29, 0.717) is 16.9 Å². The van der Waals surface area contributed by atoms with E-state index in [-0.39, 0.29) is 28.7 Å². The van der Waals surface area contributed by atoms with Crippen LogP contribution in [-0.4, -0.2) is 25.5 Å². The summed E-state index contributed by atoms with van der Waals surface area (Å²) in [6.45, 7) is -0.316. The van der Waals surface area contributed by atoms with Gasteiger partial charge in [-0.15, -0.1) is 0 Å². The fourth-order valence-corrected chi connectivity index (χ4v) is 3.14. The monoisotopic (exact) mass is 479 g/mol. The summed E-state index contributed by atoms with van der Waals surface area (Å²) in [6.07, 6.45) is 1.32. The number of anilines is 2. The molecule has 0 spiro atoms. The van der Waals surface area contributed by atoms with Gasteiger partial charge in [-0.1, -0.05) is 29.8 Å². The summed E-state index contributed by atoms with van der Waals surface area (Å²) >= 11 is 6.32. The number of methoxy groups -OCH3 is 1. The molecule has 0 aromatic heterocycles. The Morgan fingerprint density at radius 1 is 1.06 bits per heavy atom. The van der Waals surface area contributed by atoms with E-state index < -0.39 is 17.6 Å². The molecule has 0 saturated heterocycles. The molecule has 7 nitrogen and oxygen atoms in total. The van der Waals surface area contributed by atoms with Crippen LogP contribution in [0.4, 0.5) is 15.8 Å². The molecule has 2 N–H and O–H groups in total. The van der Waals surface area contributed by atoms with E-state index >= 15 is 0 Å². The summed E-state index contributed by atoms with van der Waals surface area (Å²) < 4.78 is 23.9. The molecule has 0 atom stereocenters. The van der Waals surface area contributed by atoms with Crippen molar-refractivity contribution in [2.24, 2.45) is 0 Å². The van der Waals surface area contributed by atoms with E-state index in [0.717, 1.165) is 0 Å². The van der Waals surface area contributed by atoms with Crippen molar-refractivity contribution in [2.75, 3.05) is 24.4 Å². The lowest BCUT2D eigenvalue weighted by Crippen LogP contribution is -2.20. The minimum absolute atomic E-state index is 0.120. The minimum Gasteiger partial charge on any atom is -0.493 e. The van der Waals surface area contributed by atoms with E-state index in [1.54, 1.807) is 24.3 Å². The molecule has 0 radical (unpaired) electrons. The Balaban J connectivity index is 1.73. The molecule has 0 aliphatic heterocycles. The number of carbonyl (C=O) groups is 2. The second kappa shape index (κ2) is 11.5. The lowest BCUT2D eigenvalue weighted by Gasteiger charge is -2.13. The maximum atomic E-state index is 13.0. The average molecular weight is 480 g/mol. The molecule has 0 fully saturated rings. The van der Waals surface area contributed by atoms with Crippen molar-refractivity contribution in [1.82, 2.24) is 0 Å². The molecule has 172 valence electrons. The Hall–Kier alpha value is -4.35. The Bertz CT molecular complexity index is 1260. The summed E-state index contributed by atoms with van der Waals surface area (Å²) in [5.74, 6) is -1.17. The number of nitrogens with one attached hydrogen (secondary N) is 2. The van der Waals surface area contributed by atoms with Gasteiger partial charge in [-0.3, -0.25) is 9.59 Å². The topological polar surface area (TPSA) is 100 Å². The van der Waals surface area contributed by atoms with E-state index in [1.807, 2.05) is 12.1 Å². The minimum atomic E-state index is -0.679. The number of nitrogens with zero attached hydrogens (tertiary/aromatic N) is 1. The molecule has 0 heterocycles. The van der Waals surface area contributed by atoms with Crippen LogP contribution in [0.3, 0.4) is 0 Å². The summed E-state index contributed by atoms with van der Waals surface area (Å²) in [5.41, 5.74) is 1.14. The summed E-state index contributed by atoms with van der Waals surface area (Å²) in [6, 6.07) is 18.8. The lowest BCUT2D eigenvalue weighted by atomic mass is 10.1. The van der Waals surface area contributed by atoms with Gasteiger partial charge in [0.1, 0.15) is 17.5 Å². The number of rotatable bonds is 8. The quantitative estimate of drug-likeness (QED) is 0.348. The number of amides is 2. The summed E-state index contributed by atoms with van der Waals surface area (Å²) in [7, 11) is 1.39. The zero-order chi connectivity index (χ0) is 24.5. The highest BCUT2D eigenvalue weighted by molar-refractivity contribution is 6.32. The number of carbonyl (C=O) groups excluding carboxylic acids is 2. The lowest BCUT2D eigenvalue weighted by molar-refractivity contribution is -0.118. The van der Waals surface area contributed by atoms with Gasteiger partial charge in [0.25, 0.3) is 11.8 Å². The zero-order valence-corrected chi connectivity index (χ0v) is 18.7. The summed E-state index contributed by atoms with van der Waals surface area (Å²) in [5, 5.41) is 14.8. The van der Waals surface area contributed by atoms with Gasteiger partial charge in [-0.25, -0.2) is 4.39 Å². The third-order valence-electron chi connectivity index (χ3n) is 4.44. The van der Waals surface area contributed by atoms with Crippen LogP contribution in [0.2, 0.25) is 5.02 Å². The van der Waals surface area contributed by atoms with Gasteiger partial charge in [0.15, 0.2) is 18.1 Å². The van der Waals surface area contributed by atoms with Crippen molar-refractivity contribution in [3.05, 3.63) is 88.7 Å². The molecule has 0 aliphatic carbocycles. The predicted molar refractivity (Wildman–Crippen MR) is 127 cm³/mol. The molecule has 0 saturated carbocycles. The van der Waals surface area contributed by atoms with Crippen molar-refractivity contribution in [3.63, 3.8) is 0 Å². The molecule has 3 aromatic rings. The maximum absolute atomic E-state index is 13.0. The number of hydrogen-bond acceptors (Lipinski definition) is 5. The number of para-hydroxylation sites is 1.